The molecule has 1 aliphatic rings. The lowest BCUT2D eigenvalue weighted by Gasteiger charge is -2.37. The van der Waals surface area contributed by atoms with Gasteiger partial charge in [-0.1, -0.05) is 25.1 Å². The van der Waals surface area contributed by atoms with Gasteiger partial charge in [-0.15, -0.1) is 0 Å². The molecule has 0 saturated carbocycles. The number of benzene rings is 1. The fourth-order valence-corrected chi connectivity index (χ4v) is 2.98. The summed E-state index contributed by atoms with van der Waals surface area (Å²) in [5.74, 6) is 0.805. The third-order valence-electron chi connectivity index (χ3n) is 4.27. The Labute approximate surface area is 111 Å². The standard InChI is InChI=1S/C16H26N2/c1-12-5-4-8-18(11-12)16(10-17)15-7-6-13(2)14(3)9-15/h6-7,9,12,16H,4-5,8,10-11,17H2,1-3H3/t12-,16+/m0/s1. The van der Waals surface area contributed by atoms with Gasteiger partial charge in [0.15, 0.2) is 0 Å². The number of hydrogen-bond donors (Lipinski definition) is 1. The third-order valence-corrected chi connectivity index (χ3v) is 4.27. The van der Waals surface area contributed by atoms with Crippen molar-refractivity contribution in [3.63, 3.8) is 0 Å². The van der Waals surface area contributed by atoms with E-state index in [1.165, 1.54) is 42.6 Å². The fraction of sp³-hybridized carbons (Fsp3) is 0.625. The van der Waals surface area contributed by atoms with E-state index in [9.17, 15) is 0 Å². The van der Waals surface area contributed by atoms with Crippen LogP contribution in [0, 0.1) is 19.8 Å². The van der Waals surface area contributed by atoms with Crippen LogP contribution < -0.4 is 5.73 Å². The summed E-state index contributed by atoms with van der Waals surface area (Å²) in [7, 11) is 0. The monoisotopic (exact) mass is 246 g/mol. The lowest BCUT2D eigenvalue weighted by atomic mass is 9.95. The molecule has 2 N–H and O–H groups in total. The van der Waals surface area contributed by atoms with Crippen LogP contribution in [0.25, 0.3) is 0 Å². The number of rotatable bonds is 3. The van der Waals surface area contributed by atoms with E-state index in [4.69, 9.17) is 5.73 Å². The molecule has 0 bridgehead atoms. The lowest BCUT2D eigenvalue weighted by molar-refractivity contribution is 0.133. The molecule has 1 fully saturated rings. The van der Waals surface area contributed by atoms with Crippen LogP contribution in [0.2, 0.25) is 0 Å². The zero-order valence-electron chi connectivity index (χ0n) is 11.9. The van der Waals surface area contributed by atoms with Crippen molar-refractivity contribution in [2.75, 3.05) is 19.6 Å². The van der Waals surface area contributed by atoms with Gasteiger partial charge >= 0.3 is 0 Å². The molecule has 0 radical (unpaired) electrons. The van der Waals surface area contributed by atoms with Crippen LogP contribution in [0.5, 0.6) is 0 Å². The van der Waals surface area contributed by atoms with Crippen LogP contribution in [0.3, 0.4) is 0 Å². The van der Waals surface area contributed by atoms with Crippen LogP contribution in [0.1, 0.15) is 42.5 Å². The van der Waals surface area contributed by atoms with Crippen molar-refractivity contribution in [1.29, 1.82) is 0 Å². The average molecular weight is 246 g/mol. The minimum atomic E-state index is 0.395. The lowest BCUT2D eigenvalue weighted by Crippen LogP contribution is -2.40. The second-order valence-electron chi connectivity index (χ2n) is 5.84. The van der Waals surface area contributed by atoms with Gasteiger partial charge < -0.3 is 5.73 Å². The highest BCUT2D eigenvalue weighted by atomic mass is 15.2. The maximum Gasteiger partial charge on any atom is 0.0470 e. The second-order valence-corrected chi connectivity index (χ2v) is 5.84. The average Bonchev–Trinajstić information content (AvgIpc) is 2.35. The van der Waals surface area contributed by atoms with E-state index in [0.717, 1.165) is 12.5 Å². The largest absolute Gasteiger partial charge is 0.329 e. The molecule has 0 amide bonds. The molecule has 0 unspecified atom stereocenters. The second kappa shape index (κ2) is 5.85. The minimum absolute atomic E-state index is 0.395. The molecule has 2 heteroatoms. The van der Waals surface area contributed by atoms with Gasteiger partial charge in [0.05, 0.1) is 0 Å². The first-order valence-electron chi connectivity index (χ1n) is 7.13. The smallest absolute Gasteiger partial charge is 0.0470 e. The van der Waals surface area contributed by atoms with E-state index in [1.807, 2.05) is 0 Å². The molecule has 100 valence electrons. The molecule has 0 aromatic heterocycles. The summed E-state index contributed by atoms with van der Waals surface area (Å²) >= 11 is 0. The van der Waals surface area contributed by atoms with E-state index < -0.39 is 0 Å². The van der Waals surface area contributed by atoms with Gasteiger partial charge in [0.1, 0.15) is 0 Å². The first-order valence-corrected chi connectivity index (χ1v) is 7.13. The molecule has 0 spiro atoms. The SMILES string of the molecule is Cc1ccc([C@@H](CN)N2CCC[C@H](C)C2)cc1C. The van der Waals surface area contributed by atoms with Crippen molar-refractivity contribution in [3.8, 4) is 0 Å². The first kappa shape index (κ1) is 13.6. The van der Waals surface area contributed by atoms with Crippen molar-refractivity contribution in [1.82, 2.24) is 4.90 Å². The zero-order valence-corrected chi connectivity index (χ0v) is 11.9. The van der Waals surface area contributed by atoms with Crippen molar-refractivity contribution in [2.24, 2.45) is 11.7 Å². The van der Waals surface area contributed by atoms with Crippen LogP contribution in [0.4, 0.5) is 0 Å². The van der Waals surface area contributed by atoms with Crippen molar-refractivity contribution in [3.05, 3.63) is 34.9 Å². The Morgan fingerprint density at radius 1 is 1.33 bits per heavy atom. The third kappa shape index (κ3) is 2.93. The van der Waals surface area contributed by atoms with Crippen LogP contribution in [-0.2, 0) is 0 Å². The van der Waals surface area contributed by atoms with Gasteiger partial charge in [-0.2, -0.15) is 0 Å². The molecule has 2 atom stereocenters. The van der Waals surface area contributed by atoms with Gasteiger partial charge in [0, 0.05) is 19.1 Å². The number of nitrogens with two attached hydrogens (primary N) is 1. The highest BCUT2D eigenvalue weighted by molar-refractivity contribution is 5.32. The van der Waals surface area contributed by atoms with Gasteiger partial charge in [-0.05, 0) is 55.8 Å². The number of aryl methyl sites for hydroxylation is 2. The van der Waals surface area contributed by atoms with Crippen molar-refractivity contribution < 1.29 is 0 Å². The van der Waals surface area contributed by atoms with Gasteiger partial charge in [-0.25, -0.2) is 0 Å². The number of likely N-dealkylation sites (tertiary alicyclic amines) is 1. The maximum atomic E-state index is 6.03. The maximum absolute atomic E-state index is 6.03. The summed E-state index contributed by atoms with van der Waals surface area (Å²) < 4.78 is 0. The van der Waals surface area contributed by atoms with Crippen LogP contribution in [0.15, 0.2) is 18.2 Å². The number of hydrogen-bond acceptors (Lipinski definition) is 2. The highest BCUT2D eigenvalue weighted by Gasteiger charge is 2.24. The van der Waals surface area contributed by atoms with Crippen molar-refractivity contribution in [2.45, 2.75) is 39.7 Å². The molecule has 18 heavy (non-hydrogen) atoms. The fourth-order valence-electron chi connectivity index (χ4n) is 2.98. The molecular formula is C16H26N2. The normalized spacial score (nSPS) is 23.0. The van der Waals surface area contributed by atoms with E-state index in [1.54, 1.807) is 0 Å². The Hall–Kier alpha value is -0.860. The Morgan fingerprint density at radius 3 is 2.72 bits per heavy atom. The summed E-state index contributed by atoms with van der Waals surface area (Å²) in [5.41, 5.74) is 10.1. The Bertz CT molecular complexity index is 400. The minimum Gasteiger partial charge on any atom is -0.329 e. The first-order chi connectivity index (χ1) is 8.61. The van der Waals surface area contributed by atoms with Gasteiger partial charge in [0.25, 0.3) is 0 Å². The van der Waals surface area contributed by atoms with Crippen LogP contribution >= 0.6 is 0 Å². The molecule has 2 nitrogen and oxygen atoms in total. The molecule has 1 saturated heterocycles. The Balaban J connectivity index is 2.18. The van der Waals surface area contributed by atoms with E-state index >= 15 is 0 Å². The van der Waals surface area contributed by atoms with E-state index in [2.05, 4.69) is 43.9 Å². The van der Waals surface area contributed by atoms with Crippen molar-refractivity contribution >= 4 is 0 Å². The van der Waals surface area contributed by atoms with Gasteiger partial charge in [0.2, 0.25) is 0 Å². The summed E-state index contributed by atoms with van der Waals surface area (Å²) in [6.07, 6.45) is 2.67. The highest BCUT2D eigenvalue weighted by Crippen LogP contribution is 2.27. The Morgan fingerprint density at radius 2 is 2.11 bits per heavy atom. The summed E-state index contributed by atoms with van der Waals surface area (Å²) in [5, 5.41) is 0. The quantitative estimate of drug-likeness (QED) is 0.888. The summed E-state index contributed by atoms with van der Waals surface area (Å²) in [6.45, 7) is 9.80. The summed E-state index contributed by atoms with van der Waals surface area (Å²) in [4.78, 5) is 2.57. The molecule has 2 rings (SSSR count). The van der Waals surface area contributed by atoms with E-state index in [-0.39, 0.29) is 0 Å². The molecule has 0 aliphatic carbocycles. The summed E-state index contributed by atoms with van der Waals surface area (Å²) in [6, 6.07) is 7.18. The molecule has 1 heterocycles. The Kier molecular flexibility index (Phi) is 4.41. The molecular weight excluding hydrogens is 220 g/mol. The molecule has 1 aromatic rings. The zero-order chi connectivity index (χ0) is 13.1. The van der Waals surface area contributed by atoms with Crippen LogP contribution in [-0.4, -0.2) is 24.5 Å². The molecule has 1 aromatic carbocycles. The number of nitrogens with zero attached hydrogens (tertiary/aromatic N) is 1. The topological polar surface area (TPSA) is 29.3 Å². The van der Waals surface area contributed by atoms with E-state index in [0.29, 0.717) is 6.04 Å². The molecule has 1 aliphatic heterocycles. The van der Waals surface area contributed by atoms with Gasteiger partial charge in [-0.3, -0.25) is 4.90 Å². The predicted molar refractivity (Wildman–Crippen MR) is 77.7 cm³/mol. The predicted octanol–water partition coefficient (Wildman–Crippen LogP) is 3.04. The number of piperidine rings is 1.